The number of carboxylic acids is 1. The fourth-order valence-corrected chi connectivity index (χ4v) is 0.407. The van der Waals surface area contributed by atoms with Crippen molar-refractivity contribution in [3.63, 3.8) is 0 Å². The number of nitrogens with zero attached hydrogens (tertiary/aromatic N) is 2. The van der Waals surface area contributed by atoms with Crippen LogP contribution in [0.5, 0.6) is 0 Å². The van der Waals surface area contributed by atoms with Crippen LogP contribution in [0.3, 0.4) is 0 Å². The Labute approximate surface area is 127 Å². The van der Waals surface area contributed by atoms with Gasteiger partial charge < -0.3 is 16.6 Å². The zero-order chi connectivity index (χ0) is 15.1. The Morgan fingerprint density at radius 1 is 1.10 bits per heavy atom. The molecule has 0 aliphatic carbocycles. The van der Waals surface area contributed by atoms with E-state index in [2.05, 4.69) is 27.3 Å². The van der Waals surface area contributed by atoms with Crippen molar-refractivity contribution in [2.45, 2.75) is 0 Å². The predicted octanol–water partition coefficient (Wildman–Crippen LogP) is -1.88. The number of nitrogens with two attached hydrogens (primary N) is 3. The van der Waals surface area contributed by atoms with E-state index in [1.807, 2.05) is 0 Å². The molecule has 0 bridgehead atoms. The molecule has 0 spiro atoms. The van der Waals surface area contributed by atoms with E-state index in [9.17, 15) is 14.4 Å². The third-order valence-corrected chi connectivity index (χ3v) is 1.01. The van der Waals surface area contributed by atoms with Gasteiger partial charge in [-0.2, -0.15) is 0 Å². The third kappa shape index (κ3) is 29.6. The van der Waals surface area contributed by atoms with Crippen molar-refractivity contribution in [3.8, 4) is 0 Å². The van der Waals surface area contributed by atoms with E-state index in [0.29, 0.717) is 6.08 Å². The summed E-state index contributed by atoms with van der Waals surface area (Å²) in [5.41, 5.74) is 10.6. The van der Waals surface area contributed by atoms with Gasteiger partial charge >= 0.3 is 12.0 Å². The summed E-state index contributed by atoms with van der Waals surface area (Å²) in [6, 6.07) is 1.06. The number of primary amides is 2. The van der Waals surface area contributed by atoms with Crippen molar-refractivity contribution in [1.29, 1.82) is 0 Å². The molecule has 3 amide bonds. The first-order chi connectivity index (χ1) is 8.90. The summed E-state index contributed by atoms with van der Waals surface area (Å²) < 4.78 is 0. The largest absolute Gasteiger partial charge is 0.478 e. The minimum atomic E-state index is -1.18. The second kappa shape index (κ2) is 16.6. The van der Waals surface area contributed by atoms with Crippen LogP contribution in [0.15, 0.2) is 36.9 Å². The molecular weight excluding hydrogens is 322 g/mol. The van der Waals surface area contributed by atoms with Crippen LogP contribution in [0.4, 0.5) is 4.79 Å². The fourth-order valence-electron chi connectivity index (χ4n) is 0.407. The molecule has 0 radical (unpaired) electrons. The van der Waals surface area contributed by atoms with Crippen LogP contribution in [-0.4, -0.2) is 33.0 Å². The molecule has 1 rings (SSSR count). The summed E-state index contributed by atoms with van der Waals surface area (Å²) in [4.78, 5) is 36.1. The van der Waals surface area contributed by atoms with Gasteiger partial charge in [-0.1, -0.05) is 0 Å². The van der Waals surface area contributed by atoms with Crippen molar-refractivity contribution < 1.29 is 39.0 Å². The molecule has 0 aliphatic rings. The van der Waals surface area contributed by atoms with Crippen molar-refractivity contribution in [2.75, 3.05) is 0 Å². The number of nitrogens with one attached hydrogen (secondary N) is 1. The number of aliphatic carboxylic acids is 1. The molecule has 8 N–H and O–H groups in total. The molecule has 1 aromatic heterocycles. The number of amides is 3. The molecule has 1 aromatic rings. The van der Waals surface area contributed by atoms with Crippen LogP contribution in [0.2, 0.25) is 0 Å². The zero-order valence-corrected chi connectivity index (χ0v) is 13.4. The average molecular weight is 336 g/mol. The van der Waals surface area contributed by atoms with Gasteiger partial charge in [0.1, 0.15) is 6.33 Å². The number of hydrogen-bond donors (Lipinski definition) is 5. The third-order valence-electron chi connectivity index (χ3n) is 1.01. The number of urea groups is 1. The van der Waals surface area contributed by atoms with Crippen LogP contribution < -0.4 is 22.7 Å². The number of hydrogen-bond acceptors (Lipinski definition) is 6. The maximum atomic E-state index is 9.78. The van der Waals surface area contributed by atoms with E-state index in [1.54, 1.807) is 23.9 Å². The van der Waals surface area contributed by atoms with Gasteiger partial charge in [0.2, 0.25) is 5.91 Å². The molecule has 1 heterocycles. The molecule has 0 saturated heterocycles. The molecule has 20 heavy (non-hydrogen) atoms. The molecule has 11 heteroatoms. The first kappa shape index (κ1) is 22.8. The molecule has 0 saturated carbocycles. The number of carbonyl (C=O) groups excluding carboxylic acids is 2. The van der Waals surface area contributed by atoms with Crippen molar-refractivity contribution in [2.24, 2.45) is 17.3 Å². The molecule has 10 nitrogen and oxygen atoms in total. The Hall–Kier alpha value is -2.39. The van der Waals surface area contributed by atoms with Crippen molar-refractivity contribution in [3.05, 3.63) is 36.9 Å². The summed E-state index contributed by atoms with van der Waals surface area (Å²) in [5.74, 6) is 2.51. The minimum Gasteiger partial charge on any atom is -0.478 e. The number of carboxylic acid groups (broad SMARTS) is 1. The zero-order valence-electron chi connectivity index (χ0n) is 10.5. The van der Waals surface area contributed by atoms with Gasteiger partial charge in [0, 0.05) is 44.0 Å². The van der Waals surface area contributed by atoms with Gasteiger partial charge in [0.15, 0.2) is 0 Å². The van der Waals surface area contributed by atoms with Gasteiger partial charge in [-0.25, -0.2) is 25.4 Å². The predicted molar refractivity (Wildman–Crippen MR) is 64.9 cm³/mol. The Balaban J connectivity index is -0.000000217. The van der Waals surface area contributed by atoms with Crippen LogP contribution in [-0.2, 0) is 29.1 Å². The fraction of sp³-hybridized carbons (Fsp3) is 0. The number of rotatable bonds is 2. The summed E-state index contributed by atoms with van der Waals surface area (Å²) in [6.45, 7) is 0. The second-order valence-electron chi connectivity index (χ2n) is 2.49. The quantitative estimate of drug-likeness (QED) is 0.137. The Morgan fingerprint density at radius 2 is 1.55 bits per heavy atom. The van der Waals surface area contributed by atoms with E-state index in [4.69, 9.17) is 5.11 Å². The van der Waals surface area contributed by atoms with E-state index < -0.39 is 17.9 Å². The normalized spacial score (nSPS) is 7.85. The number of hydrazine groups is 1. The van der Waals surface area contributed by atoms with E-state index >= 15 is 0 Å². The van der Waals surface area contributed by atoms with E-state index in [0.717, 1.165) is 6.08 Å². The first-order valence-corrected chi connectivity index (χ1v) is 4.56. The maximum Gasteiger partial charge on any atom is 0.328 e. The van der Waals surface area contributed by atoms with E-state index in [-0.39, 0.29) is 19.5 Å². The molecular formula is C9H14N6O4Zn. The Morgan fingerprint density at radius 3 is 1.65 bits per heavy atom. The van der Waals surface area contributed by atoms with E-state index in [1.165, 1.54) is 6.33 Å². The van der Waals surface area contributed by atoms with Crippen LogP contribution in [0.25, 0.3) is 0 Å². The van der Waals surface area contributed by atoms with Crippen molar-refractivity contribution in [1.82, 2.24) is 15.4 Å². The summed E-state index contributed by atoms with van der Waals surface area (Å²) >= 11 is 0. The molecule has 0 fully saturated rings. The van der Waals surface area contributed by atoms with Gasteiger partial charge in [-0.3, -0.25) is 10.2 Å². The van der Waals surface area contributed by atoms with Crippen LogP contribution in [0, 0.1) is 0 Å². The Bertz CT molecular complexity index is 371. The first-order valence-electron chi connectivity index (χ1n) is 4.56. The topological polar surface area (TPSA) is 187 Å². The maximum absolute atomic E-state index is 9.78. The molecule has 0 atom stereocenters. The Kier molecular flexibility index (Phi) is 18.9. The van der Waals surface area contributed by atoms with Gasteiger partial charge in [0.05, 0.1) is 0 Å². The smallest absolute Gasteiger partial charge is 0.328 e. The SMILES string of the molecule is NC(=O)/C=C\C(=O)O.NNC(N)=O.[Zn].c1cncnc1. The van der Waals surface area contributed by atoms with Gasteiger partial charge in [0.25, 0.3) is 0 Å². The second-order valence-corrected chi connectivity index (χ2v) is 2.49. The standard InChI is InChI=1S/C4H4N2.C4H5NO3.CH5N3O.Zn/c1-2-5-4-6-3-1;5-3(6)1-2-4(7)8;2-1(5)4-3;/h1-4H;1-2H,(H2,5,6)(H,7,8);3H2,(H3,2,4,5);/b;2-1-;;. The van der Waals surface area contributed by atoms with Crippen molar-refractivity contribution >= 4 is 17.9 Å². The van der Waals surface area contributed by atoms with Crippen LogP contribution >= 0.6 is 0 Å². The summed E-state index contributed by atoms with van der Waals surface area (Å²) in [6.07, 6.45) is 6.34. The summed E-state index contributed by atoms with van der Waals surface area (Å²) in [5, 5.41) is 7.87. The molecule has 106 valence electrons. The van der Waals surface area contributed by atoms with Gasteiger partial charge in [-0.15, -0.1) is 0 Å². The average Bonchev–Trinajstić information content (AvgIpc) is 2.40. The number of carbonyl (C=O) groups is 3. The molecule has 0 aliphatic heterocycles. The number of aromatic nitrogens is 2. The van der Waals surface area contributed by atoms with Gasteiger partial charge in [-0.05, 0) is 6.07 Å². The molecule has 0 unspecified atom stereocenters. The summed E-state index contributed by atoms with van der Waals surface area (Å²) in [7, 11) is 0. The minimum absolute atomic E-state index is 0. The van der Waals surface area contributed by atoms with Crippen LogP contribution in [0.1, 0.15) is 0 Å². The monoisotopic (exact) mass is 334 g/mol. The molecule has 0 aromatic carbocycles.